The van der Waals surface area contributed by atoms with Crippen molar-refractivity contribution in [3.63, 3.8) is 0 Å². The van der Waals surface area contributed by atoms with Gasteiger partial charge in [-0.05, 0) is 71.8 Å². The Kier molecular flexibility index (Phi) is 6.83. The zero-order valence-corrected chi connectivity index (χ0v) is 30.4. The van der Waals surface area contributed by atoms with Crippen molar-refractivity contribution in [2.45, 2.75) is 0 Å². The second kappa shape index (κ2) is 12.3. The lowest BCUT2D eigenvalue weighted by Crippen LogP contribution is -2.02. The summed E-state index contributed by atoms with van der Waals surface area (Å²) in [6, 6.07) is 62.7. The van der Waals surface area contributed by atoms with E-state index in [1.54, 1.807) is 0 Å². The highest BCUT2D eigenvalue weighted by Crippen LogP contribution is 2.40. The number of nitrogens with zero attached hydrogens (tertiary/aromatic N) is 4. The predicted molar refractivity (Wildman–Crippen MR) is 230 cm³/mol. The number of hydrogen-bond acceptors (Lipinski definition) is 5. The normalized spacial score (nSPS) is 11.9. The fourth-order valence-corrected chi connectivity index (χ4v) is 8.39. The van der Waals surface area contributed by atoms with Crippen molar-refractivity contribution in [1.82, 2.24) is 19.5 Å². The summed E-state index contributed by atoms with van der Waals surface area (Å²) in [4.78, 5) is 15.5. The Morgan fingerprint density at radius 3 is 1.72 bits per heavy atom. The minimum absolute atomic E-state index is 0.571. The molecule has 12 aromatic rings. The van der Waals surface area contributed by atoms with Gasteiger partial charge in [0.25, 0.3) is 0 Å². The molecule has 266 valence electrons. The summed E-state index contributed by atoms with van der Waals surface area (Å²) >= 11 is 0. The monoisotopic (exact) mass is 730 g/mol. The van der Waals surface area contributed by atoms with Crippen molar-refractivity contribution in [3.05, 3.63) is 182 Å². The van der Waals surface area contributed by atoms with E-state index in [0.29, 0.717) is 17.5 Å². The molecular formula is C51H30N4O2. The van der Waals surface area contributed by atoms with E-state index in [0.717, 1.165) is 99.2 Å². The molecule has 0 bridgehead atoms. The first kappa shape index (κ1) is 31.5. The first-order chi connectivity index (χ1) is 28.2. The minimum atomic E-state index is 0.571. The third kappa shape index (κ3) is 5.01. The van der Waals surface area contributed by atoms with E-state index in [2.05, 4.69) is 126 Å². The summed E-state index contributed by atoms with van der Waals surface area (Å²) in [7, 11) is 0. The maximum absolute atomic E-state index is 6.47. The molecule has 0 saturated heterocycles. The van der Waals surface area contributed by atoms with Crippen LogP contribution in [0.1, 0.15) is 0 Å². The topological polar surface area (TPSA) is 69.9 Å². The summed E-state index contributed by atoms with van der Waals surface area (Å²) in [6.45, 7) is 0. The van der Waals surface area contributed by atoms with Gasteiger partial charge in [0.2, 0.25) is 0 Å². The average Bonchev–Trinajstić information content (AvgIpc) is 3.95. The fourth-order valence-electron chi connectivity index (χ4n) is 8.39. The molecule has 0 aliphatic rings. The Labute approximate surface area is 325 Å². The van der Waals surface area contributed by atoms with Crippen LogP contribution in [0.25, 0.3) is 117 Å². The highest BCUT2D eigenvalue weighted by atomic mass is 16.3. The highest BCUT2D eigenvalue weighted by molar-refractivity contribution is 6.14. The van der Waals surface area contributed by atoms with Crippen molar-refractivity contribution in [3.8, 4) is 51.0 Å². The Hall–Kier alpha value is -7.83. The Bertz CT molecular complexity index is 3530. The van der Waals surface area contributed by atoms with Crippen molar-refractivity contribution < 1.29 is 8.83 Å². The molecule has 8 aromatic carbocycles. The third-order valence-electron chi connectivity index (χ3n) is 11.1. The van der Waals surface area contributed by atoms with Crippen LogP contribution in [0.3, 0.4) is 0 Å². The van der Waals surface area contributed by atoms with Gasteiger partial charge in [-0.15, -0.1) is 0 Å². The van der Waals surface area contributed by atoms with Gasteiger partial charge in [-0.3, -0.25) is 0 Å². The smallest absolute Gasteiger partial charge is 0.166 e. The van der Waals surface area contributed by atoms with Gasteiger partial charge < -0.3 is 13.4 Å². The number of hydrogen-bond donors (Lipinski definition) is 0. The maximum atomic E-state index is 6.47. The second-order valence-corrected chi connectivity index (χ2v) is 14.4. The van der Waals surface area contributed by atoms with Crippen LogP contribution >= 0.6 is 0 Å². The van der Waals surface area contributed by atoms with Crippen LogP contribution in [0.15, 0.2) is 191 Å². The lowest BCUT2D eigenvalue weighted by Gasteiger charge is -2.13. The van der Waals surface area contributed by atoms with Gasteiger partial charge in [0.1, 0.15) is 22.3 Å². The van der Waals surface area contributed by atoms with E-state index in [-0.39, 0.29) is 0 Å². The molecular weight excluding hydrogens is 701 g/mol. The van der Waals surface area contributed by atoms with E-state index in [4.69, 9.17) is 23.8 Å². The summed E-state index contributed by atoms with van der Waals surface area (Å²) in [5, 5.41) is 6.52. The number of aromatic nitrogens is 4. The molecule has 12 rings (SSSR count). The first-order valence-electron chi connectivity index (χ1n) is 19.0. The van der Waals surface area contributed by atoms with Crippen LogP contribution in [0.4, 0.5) is 0 Å². The zero-order chi connectivity index (χ0) is 37.5. The molecule has 0 radical (unpaired) electrons. The van der Waals surface area contributed by atoms with E-state index >= 15 is 0 Å². The molecule has 0 aliphatic carbocycles. The van der Waals surface area contributed by atoms with E-state index < -0.39 is 0 Å². The van der Waals surface area contributed by atoms with Crippen molar-refractivity contribution in [1.29, 1.82) is 0 Å². The fraction of sp³-hybridized carbons (Fsp3) is 0. The van der Waals surface area contributed by atoms with Gasteiger partial charge in [0.05, 0.1) is 11.0 Å². The standard InChI is InChI=1S/C51H30N4O2/c1-3-12-31(13-4-1)33-22-25-39-42-30-35(24-27-45(42)57-46(39)28-33)55-43-20-9-7-16-36(43)40-18-11-19-41(48(40)55)51-53-49(32-14-5-2-6-15-32)52-50(54-51)34-23-26-38-37-17-8-10-21-44(37)56-47(38)29-34/h1-30H. The van der Waals surface area contributed by atoms with Gasteiger partial charge in [-0.2, -0.15) is 0 Å². The van der Waals surface area contributed by atoms with Crippen LogP contribution in [-0.2, 0) is 0 Å². The lowest BCUT2D eigenvalue weighted by molar-refractivity contribution is 0.668. The zero-order valence-electron chi connectivity index (χ0n) is 30.4. The molecule has 0 amide bonds. The molecule has 0 fully saturated rings. The lowest BCUT2D eigenvalue weighted by atomic mass is 10.0. The average molecular weight is 731 g/mol. The Balaban J connectivity index is 1.08. The van der Waals surface area contributed by atoms with Gasteiger partial charge in [0.15, 0.2) is 17.5 Å². The van der Waals surface area contributed by atoms with Crippen molar-refractivity contribution >= 4 is 65.7 Å². The molecule has 4 heterocycles. The molecule has 57 heavy (non-hydrogen) atoms. The molecule has 0 spiro atoms. The minimum Gasteiger partial charge on any atom is -0.456 e. The van der Waals surface area contributed by atoms with Crippen LogP contribution in [0, 0.1) is 0 Å². The Morgan fingerprint density at radius 2 is 0.912 bits per heavy atom. The van der Waals surface area contributed by atoms with Crippen LogP contribution in [0.2, 0.25) is 0 Å². The summed E-state index contributed by atoms with van der Waals surface area (Å²) in [6.07, 6.45) is 0. The number of rotatable bonds is 5. The molecule has 4 aromatic heterocycles. The predicted octanol–water partition coefficient (Wildman–Crippen LogP) is 13.4. The largest absolute Gasteiger partial charge is 0.456 e. The van der Waals surface area contributed by atoms with Gasteiger partial charge in [-0.25, -0.2) is 15.0 Å². The van der Waals surface area contributed by atoms with E-state index in [1.807, 2.05) is 60.7 Å². The molecule has 6 nitrogen and oxygen atoms in total. The quantitative estimate of drug-likeness (QED) is 0.176. The number of fused-ring (bicyclic) bond motifs is 9. The van der Waals surface area contributed by atoms with Crippen LogP contribution < -0.4 is 0 Å². The Morgan fingerprint density at radius 1 is 0.333 bits per heavy atom. The highest BCUT2D eigenvalue weighted by Gasteiger charge is 2.21. The van der Waals surface area contributed by atoms with Gasteiger partial charge in [0, 0.05) is 54.7 Å². The van der Waals surface area contributed by atoms with Crippen LogP contribution in [-0.4, -0.2) is 19.5 Å². The van der Waals surface area contributed by atoms with Crippen LogP contribution in [0.5, 0.6) is 0 Å². The molecule has 0 saturated carbocycles. The number of para-hydroxylation sites is 3. The van der Waals surface area contributed by atoms with Gasteiger partial charge in [-0.1, -0.05) is 121 Å². The van der Waals surface area contributed by atoms with Crippen molar-refractivity contribution in [2.24, 2.45) is 0 Å². The summed E-state index contributed by atoms with van der Waals surface area (Å²) in [5.41, 5.74) is 11.4. The molecule has 0 aliphatic heterocycles. The SMILES string of the molecule is c1ccc(-c2ccc3c(c2)oc2ccc(-n4c5ccccc5c5cccc(-c6nc(-c7ccccc7)nc(-c7ccc8c(c7)oc7ccccc78)n6)c54)cc23)cc1. The molecule has 6 heteroatoms. The maximum Gasteiger partial charge on any atom is 0.166 e. The second-order valence-electron chi connectivity index (χ2n) is 14.4. The van der Waals surface area contributed by atoms with E-state index in [9.17, 15) is 0 Å². The third-order valence-corrected chi connectivity index (χ3v) is 11.1. The van der Waals surface area contributed by atoms with Gasteiger partial charge >= 0.3 is 0 Å². The first-order valence-corrected chi connectivity index (χ1v) is 19.0. The number of furan rings is 2. The summed E-state index contributed by atoms with van der Waals surface area (Å²) in [5.74, 6) is 1.75. The molecule has 0 atom stereocenters. The van der Waals surface area contributed by atoms with E-state index in [1.165, 1.54) is 0 Å². The molecule has 0 N–H and O–H groups in total. The van der Waals surface area contributed by atoms with Crippen molar-refractivity contribution in [2.75, 3.05) is 0 Å². The molecule has 0 unspecified atom stereocenters. The number of benzene rings is 8. The summed E-state index contributed by atoms with van der Waals surface area (Å²) < 4.78 is 15.1.